The first-order chi connectivity index (χ1) is 6.60. The van der Waals surface area contributed by atoms with E-state index in [9.17, 15) is 4.79 Å². The average Bonchev–Trinajstić information content (AvgIpc) is 2.15. The summed E-state index contributed by atoms with van der Waals surface area (Å²) in [6.45, 7) is 8.14. The fourth-order valence-corrected chi connectivity index (χ4v) is 1.26. The predicted octanol–water partition coefficient (Wildman–Crippen LogP) is 4.05. The van der Waals surface area contributed by atoms with Crippen molar-refractivity contribution in [3.05, 3.63) is 23.3 Å². The minimum atomic E-state index is 0.343. The molecule has 0 fully saturated rings. The van der Waals surface area contributed by atoms with Gasteiger partial charge < -0.3 is 0 Å². The van der Waals surface area contributed by atoms with Gasteiger partial charge in [-0.25, -0.2) is 0 Å². The van der Waals surface area contributed by atoms with Crippen LogP contribution >= 0.6 is 0 Å². The van der Waals surface area contributed by atoms with Gasteiger partial charge in [0.15, 0.2) is 0 Å². The lowest BCUT2D eigenvalue weighted by molar-refractivity contribution is -0.118. The molecule has 0 aliphatic rings. The fraction of sp³-hybridized carbons (Fsp3) is 0.615. The van der Waals surface area contributed by atoms with Gasteiger partial charge in [0.25, 0.3) is 0 Å². The monoisotopic (exact) mass is 194 g/mol. The van der Waals surface area contributed by atoms with Crippen LogP contribution in [0.3, 0.4) is 0 Å². The van der Waals surface area contributed by atoms with Crippen molar-refractivity contribution >= 4 is 5.78 Å². The average molecular weight is 194 g/mol. The molecule has 0 saturated heterocycles. The Morgan fingerprint density at radius 1 is 1.29 bits per heavy atom. The molecule has 0 radical (unpaired) electrons. The number of Topliss-reactive ketones (excluding diaryl/α,β-unsaturated/α-hetero) is 1. The van der Waals surface area contributed by atoms with Gasteiger partial charge in [-0.3, -0.25) is 4.79 Å². The van der Waals surface area contributed by atoms with Crippen molar-refractivity contribution in [3.63, 3.8) is 0 Å². The molecule has 0 bridgehead atoms. The quantitative estimate of drug-likeness (QED) is 0.583. The highest BCUT2D eigenvalue weighted by molar-refractivity contribution is 5.80. The number of hydrogen-bond acceptors (Lipinski definition) is 1. The zero-order valence-electron chi connectivity index (χ0n) is 9.89. The second-order valence-electron chi connectivity index (χ2n) is 3.84. The maximum atomic E-state index is 11.2. The summed E-state index contributed by atoms with van der Waals surface area (Å²) >= 11 is 0. The van der Waals surface area contributed by atoms with Crippen molar-refractivity contribution in [2.45, 2.75) is 53.4 Å². The van der Waals surface area contributed by atoms with Gasteiger partial charge in [-0.05, 0) is 33.6 Å². The standard InChI is InChI=1S/C13H22O/c1-5-12(10-13(14)6-2)9-7-8-11(3)4/h5,8H,6-7,9-10H2,1-4H3/b12-5-. The molecule has 0 aromatic rings. The second kappa shape index (κ2) is 7.54. The molecule has 0 unspecified atom stereocenters. The van der Waals surface area contributed by atoms with E-state index in [1.165, 1.54) is 11.1 Å². The zero-order valence-corrected chi connectivity index (χ0v) is 9.89. The molecule has 0 aliphatic carbocycles. The minimum absolute atomic E-state index is 0.343. The highest BCUT2D eigenvalue weighted by Crippen LogP contribution is 2.12. The Morgan fingerprint density at radius 3 is 2.36 bits per heavy atom. The fourth-order valence-electron chi connectivity index (χ4n) is 1.26. The van der Waals surface area contributed by atoms with E-state index in [0.29, 0.717) is 18.6 Å². The van der Waals surface area contributed by atoms with E-state index >= 15 is 0 Å². The molecule has 80 valence electrons. The van der Waals surface area contributed by atoms with Crippen LogP contribution in [0, 0.1) is 0 Å². The van der Waals surface area contributed by atoms with Gasteiger partial charge in [-0.1, -0.05) is 30.2 Å². The van der Waals surface area contributed by atoms with E-state index < -0.39 is 0 Å². The number of carbonyl (C=O) groups is 1. The summed E-state index contributed by atoms with van der Waals surface area (Å²) in [5, 5.41) is 0. The summed E-state index contributed by atoms with van der Waals surface area (Å²) in [4.78, 5) is 11.2. The minimum Gasteiger partial charge on any atom is -0.299 e. The first kappa shape index (κ1) is 13.2. The van der Waals surface area contributed by atoms with Crippen LogP contribution in [0.1, 0.15) is 53.4 Å². The van der Waals surface area contributed by atoms with E-state index in [0.717, 1.165) is 12.8 Å². The Balaban J connectivity index is 3.94. The Bertz CT molecular complexity index is 230. The van der Waals surface area contributed by atoms with Crippen molar-refractivity contribution in [1.29, 1.82) is 0 Å². The molecule has 14 heavy (non-hydrogen) atoms. The summed E-state index contributed by atoms with van der Waals surface area (Å²) in [6.07, 6.45) is 7.67. The summed E-state index contributed by atoms with van der Waals surface area (Å²) < 4.78 is 0. The van der Waals surface area contributed by atoms with Crippen LogP contribution in [0.2, 0.25) is 0 Å². The molecule has 0 heterocycles. The molecule has 0 rings (SSSR count). The van der Waals surface area contributed by atoms with Gasteiger partial charge in [0.1, 0.15) is 5.78 Å². The second-order valence-corrected chi connectivity index (χ2v) is 3.84. The van der Waals surface area contributed by atoms with E-state index in [-0.39, 0.29) is 0 Å². The summed E-state index contributed by atoms with van der Waals surface area (Å²) in [7, 11) is 0. The van der Waals surface area contributed by atoms with Crippen LogP contribution in [0.15, 0.2) is 23.3 Å². The van der Waals surface area contributed by atoms with Crippen LogP contribution in [0.4, 0.5) is 0 Å². The number of allylic oxidation sites excluding steroid dienone is 4. The molecule has 0 aliphatic heterocycles. The van der Waals surface area contributed by atoms with E-state index in [1.807, 2.05) is 13.8 Å². The SMILES string of the molecule is C/C=C(/CCC=C(C)C)CC(=O)CC. The third kappa shape index (κ3) is 6.64. The number of carbonyl (C=O) groups excluding carboxylic acids is 1. The van der Waals surface area contributed by atoms with Gasteiger partial charge in [0.2, 0.25) is 0 Å². The summed E-state index contributed by atoms with van der Waals surface area (Å²) in [5.74, 6) is 0.343. The molecular formula is C13H22O. The van der Waals surface area contributed by atoms with Crippen molar-refractivity contribution in [1.82, 2.24) is 0 Å². The van der Waals surface area contributed by atoms with Crippen LogP contribution in [-0.2, 0) is 4.79 Å². The first-order valence-electron chi connectivity index (χ1n) is 5.39. The van der Waals surface area contributed by atoms with Crippen molar-refractivity contribution < 1.29 is 4.79 Å². The van der Waals surface area contributed by atoms with Crippen LogP contribution < -0.4 is 0 Å². The van der Waals surface area contributed by atoms with Gasteiger partial charge >= 0.3 is 0 Å². The Kier molecular flexibility index (Phi) is 7.09. The molecule has 0 N–H and O–H groups in total. The lowest BCUT2D eigenvalue weighted by Crippen LogP contribution is -1.97. The molecule has 0 amide bonds. The third-order valence-electron chi connectivity index (χ3n) is 2.24. The lowest BCUT2D eigenvalue weighted by atomic mass is 10.0. The number of hydrogen-bond donors (Lipinski definition) is 0. The molecule has 0 saturated carbocycles. The Hall–Kier alpha value is -0.850. The Labute approximate surface area is 87.9 Å². The summed E-state index contributed by atoms with van der Waals surface area (Å²) in [6, 6.07) is 0. The van der Waals surface area contributed by atoms with Crippen LogP contribution in [0.25, 0.3) is 0 Å². The zero-order chi connectivity index (χ0) is 11.0. The summed E-state index contributed by atoms with van der Waals surface area (Å²) in [5.41, 5.74) is 2.62. The van der Waals surface area contributed by atoms with Gasteiger partial charge in [-0.15, -0.1) is 0 Å². The maximum Gasteiger partial charge on any atom is 0.136 e. The first-order valence-corrected chi connectivity index (χ1v) is 5.39. The number of rotatable bonds is 6. The number of ketones is 1. The van der Waals surface area contributed by atoms with Crippen molar-refractivity contribution in [3.8, 4) is 0 Å². The lowest BCUT2D eigenvalue weighted by Gasteiger charge is -2.03. The molecule has 0 aromatic carbocycles. The van der Waals surface area contributed by atoms with Gasteiger partial charge in [0.05, 0.1) is 0 Å². The van der Waals surface area contributed by atoms with E-state index in [1.54, 1.807) is 0 Å². The third-order valence-corrected chi connectivity index (χ3v) is 2.24. The topological polar surface area (TPSA) is 17.1 Å². The molecule has 1 nitrogen and oxygen atoms in total. The molecule has 0 spiro atoms. The predicted molar refractivity (Wildman–Crippen MR) is 62.3 cm³/mol. The van der Waals surface area contributed by atoms with Crippen LogP contribution in [0.5, 0.6) is 0 Å². The highest BCUT2D eigenvalue weighted by Gasteiger charge is 2.02. The van der Waals surface area contributed by atoms with E-state index in [4.69, 9.17) is 0 Å². The molecule has 0 aromatic heterocycles. The highest BCUT2D eigenvalue weighted by atomic mass is 16.1. The van der Waals surface area contributed by atoms with Crippen molar-refractivity contribution in [2.24, 2.45) is 0 Å². The Morgan fingerprint density at radius 2 is 1.93 bits per heavy atom. The smallest absolute Gasteiger partial charge is 0.136 e. The largest absolute Gasteiger partial charge is 0.299 e. The molecule has 0 atom stereocenters. The van der Waals surface area contributed by atoms with Gasteiger partial charge in [-0.2, -0.15) is 0 Å². The van der Waals surface area contributed by atoms with Gasteiger partial charge in [0, 0.05) is 12.8 Å². The maximum absolute atomic E-state index is 11.2. The van der Waals surface area contributed by atoms with Crippen LogP contribution in [-0.4, -0.2) is 5.78 Å². The molecule has 1 heteroatoms. The van der Waals surface area contributed by atoms with E-state index in [2.05, 4.69) is 26.0 Å². The molecular weight excluding hydrogens is 172 g/mol. The van der Waals surface area contributed by atoms with Crippen molar-refractivity contribution in [2.75, 3.05) is 0 Å². The normalized spacial score (nSPS) is 11.3.